The van der Waals surface area contributed by atoms with Crippen molar-refractivity contribution in [2.75, 3.05) is 14.2 Å². The second-order valence-corrected chi connectivity index (χ2v) is 20.2. The van der Waals surface area contributed by atoms with Crippen LogP contribution in [0, 0.1) is 0 Å². The van der Waals surface area contributed by atoms with Gasteiger partial charge in [0.25, 0.3) is 0 Å². The average Bonchev–Trinajstić information content (AvgIpc) is 2.45. The fourth-order valence-electron chi connectivity index (χ4n) is 2.31. The van der Waals surface area contributed by atoms with Crippen molar-refractivity contribution in [2.45, 2.75) is 14.8 Å². The van der Waals surface area contributed by atoms with Crippen molar-refractivity contribution >= 4 is 22.0 Å². The number of benzene rings is 1. The van der Waals surface area contributed by atoms with Crippen LogP contribution in [0.1, 0.15) is 0 Å². The van der Waals surface area contributed by atoms with E-state index in [-0.39, 0.29) is 5.75 Å². The molecule has 0 unspecified atom stereocenters. The topological polar surface area (TPSA) is 48.7 Å². The fourth-order valence-corrected chi connectivity index (χ4v) is 6.88. The van der Waals surface area contributed by atoms with Crippen LogP contribution >= 0.6 is 0 Å². The van der Waals surface area contributed by atoms with Crippen molar-refractivity contribution in [1.82, 2.24) is 0 Å². The minimum atomic E-state index is -2.41. The Morgan fingerprint density at radius 2 is 1.71 bits per heavy atom. The van der Waals surface area contributed by atoms with Crippen LogP contribution in [0.4, 0.5) is 0 Å². The van der Waals surface area contributed by atoms with Crippen LogP contribution in [0.5, 0.6) is 11.5 Å². The summed E-state index contributed by atoms with van der Waals surface area (Å²) < 4.78 is 16.8. The predicted molar refractivity (Wildman–Crippen MR) is 86.5 cm³/mol. The molecule has 4 nitrogen and oxygen atoms in total. The van der Waals surface area contributed by atoms with Gasteiger partial charge < -0.3 is 0 Å². The second-order valence-electron chi connectivity index (χ2n) is 5.82. The number of rotatable bonds is 4. The molecule has 0 N–H and O–H groups in total. The van der Waals surface area contributed by atoms with Gasteiger partial charge in [-0.1, -0.05) is 0 Å². The molecule has 112 valence electrons. The summed E-state index contributed by atoms with van der Waals surface area (Å²) in [4.78, 5) is 18.8. The van der Waals surface area contributed by atoms with E-state index < -0.39 is 24.0 Å². The molecule has 5 heteroatoms. The Balaban J connectivity index is 2.75. The molecule has 0 saturated heterocycles. The molecule has 1 aromatic heterocycles. The summed E-state index contributed by atoms with van der Waals surface area (Å²) in [6, 6.07) is 7.76. The number of hydrogen-bond acceptors (Lipinski definition) is 4. The summed E-state index contributed by atoms with van der Waals surface area (Å²) in [7, 11) is 3.15. The van der Waals surface area contributed by atoms with E-state index in [1.807, 2.05) is 12.1 Å². The third-order valence-corrected chi connectivity index (χ3v) is 9.16. The SMILES string of the molecule is COc1ccc(-c2ccoc(=O)c2OC)[c]([Sn]([CH3])([CH3])[CH3])c1. The average molecular weight is 395 g/mol. The Kier molecular flexibility index (Phi) is 4.66. The molecule has 0 saturated carbocycles. The standard InChI is InChI=1S/C13H11O4.3CH3.Sn/c1-15-10-5-3-9(4-6-10)11-7-8-17-13(14)12(11)16-2;;;;/h3,5-8H,1-2H3;3*1H3;. The molecule has 1 heterocycles. The van der Waals surface area contributed by atoms with Crippen molar-refractivity contribution in [3.63, 3.8) is 0 Å². The van der Waals surface area contributed by atoms with E-state index in [0.29, 0.717) is 0 Å². The molecule has 2 rings (SSSR count). The van der Waals surface area contributed by atoms with Gasteiger partial charge in [-0.05, 0) is 0 Å². The Labute approximate surface area is 128 Å². The van der Waals surface area contributed by atoms with Crippen molar-refractivity contribution in [3.05, 3.63) is 40.9 Å². The van der Waals surface area contributed by atoms with Crippen LogP contribution in [0.2, 0.25) is 14.8 Å². The van der Waals surface area contributed by atoms with Crippen LogP contribution in [-0.4, -0.2) is 32.6 Å². The monoisotopic (exact) mass is 396 g/mol. The van der Waals surface area contributed by atoms with E-state index in [0.717, 1.165) is 16.9 Å². The second kappa shape index (κ2) is 6.13. The zero-order valence-electron chi connectivity index (χ0n) is 13.0. The van der Waals surface area contributed by atoms with Crippen molar-refractivity contribution in [2.24, 2.45) is 0 Å². The van der Waals surface area contributed by atoms with Gasteiger partial charge in [0.15, 0.2) is 0 Å². The number of hydrogen-bond donors (Lipinski definition) is 0. The van der Waals surface area contributed by atoms with Crippen LogP contribution in [-0.2, 0) is 0 Å². The molecule has 1 aromatic carbocycles. The van der Waals surface area contributed by atoms with Gasteiger partial charge in [0, 0.05) is 0 Å². The van der Waals surface area contributed by atoms with Gasteiger partial charge in [-0.3, -0.25) is 0 Å². The van der Waals surface area contributed by atoms with E-state index in [9.17, 15) is 4.79 Å². The van der Waals surface area contributed by atoms with Gasteiger partial charge in [-0.2, -0.15) is 0 Å². The zero-order chi connectivity index (χ0) is 15.6. The Bertz CT molecular complexity index is 698. The molecule has 0 bridgehead atoms. The van der Waals surface area contributed by atoms with Crippen LogP contribution in [0.3, 0.4) is 0 Å². The molecule has 2 aromatic rings. The molecule has 0 fully saturated rings. The Morgan fingerprint density at radius 1 is 1.00 bits per heavy atom. The molecule has 0 spiro atoms. The molecule has 0 aliphatic heterocycles. The van der Waals surface area contributed by atoms with E-state index >= 15 is 0 Å². The van der Waals surface area contributed by atoms with Crippen LogP contribution in [0.15, 0.2) is 39.7 Å². The van der Waals surface area contributed by atoms with E-state index in [2.05, 4.69) is 20.9 Å². The van der Waals surface area contributed by atoms with Crippen LogP contribution < -0.4 is 18.7 Å². The maximum atomic E-state index is 11.8. The fraction of sp³-hybridized carbons (Fsp3) is 0.312. The molecule has 0 radical (unpaired) electrons. The van der Waals surface area contributed by atoms with E-state index in [1.54, 1.807) is 13.2 Å². The molecule has 0 atom stereocenters. The maximum absolute atomic E-state index is 11.8. The summed E-state index contributed by atoms with van der Waals surface area (Å²) in [6.45, 7) is 0. The van der Waals surface area contributed by atoms with E-state index in [1.165, 1.54) is 17.0 Å². The molecule has 0 aliphatic rings. The quantitative estimate of drug-likeness (QED) is 0.748. The number of methoxy groups -OCH3 is 2. The summed E-state index contributed by atoms with van der Waals surface area (Å²) >= 11 is -2.41. The molecule has 0 aliphatic carbocycles. The molecule has 21 heavy (non-hydrogen) atoms. The predicted octanol–water partition coefficient (Wildman–Crippen LogP) is 2.87. The number of ether oxygens (including phenoxy) is 2. The van der Waals surface area contributed by atoms with Gasteiger partial charge in [0.2, 0.25) is 0 Å². The first-order valence-electron chi connectivity index (χ1n) is 6.73. The summed E-state index contributed by atoms with van der Waals surface area (Å²) in [5.41, 5.74) is 1.35. The van der Waals surface area contributed by atoms with E-state index in [4.69, 9.17) is 13.9 Å². The third kappa shape index (κ3) is 3.26. The van der Waals surface area contributed by atoms with Crippen molar-refractivity contribution in [3.8, 4) is 22.6 Å². The third-order valence-electron chi connectivity index (χ3n) is 3.37. The summed E-state index contributed by atoms with van der Waals surface area (Å²) in [5, 5.41) is 0. The van der Waals surface area contributed by atoms with Crippen molar-refractivity contribution < 1.29 is 13.9 Å². The van der Waals surface area contributed by atoms with Gasteiger partial charge in [-0.25, -0.2) is 0 Å². The Morgan fingerprint density at radius 3 is 2.29 bits per heavy atom. The molecule has 0 amide bonds. The van der Waals surface area contributed by atoms with Gasteiger partial charge in [0.1, 0.15) is 0 Å². The first-order chi connectivity index (χ1) is 9.88. The normalized spacial score (nSPS) is 11.3. The van der Waals surface area contributed by atoms with Crippen molar-refractivity contribution in [1.29, 1.82) is 0 Å². The van der Waals surface area contributed by atoms with Crippen LogP contribution in [0.25, 0.3) is 11.1 Å². The summed E-state index contributed by atoms with van der Waals surface area (Å²) in [5.74, 6) is 1.08. The van der Waals surface area contributed by atoms with Gasteiger partial charge in [-0.15, -0.1) is 0 Å². The zero-order valence-corrected chi connectivity index (χ0v) is 15.9. The minimum absolute atomic E-state index is 0.249. The Hall–Kier alpha value is -1.43. The first kappa shape index (κ1) is 15.9. The van der Waals surface area contributed by atoms with Gasteiger partial charge in [0.05, 0.1) is 0 Å². The molecular weight excluding hydrogens is 375 g/mol. The summed E-state index contributed by atoms with van der Waals surface area (Å²) in [6.07, 6.45) is 1.41. The molecular formula is C16H20O4Sn. The first-order valence-corrected chi connectivity index (χ1v) is 16.7. The van der Waals surface area contributed by atoms with Gasteiger partial charge >= 0.3 is 128 Å².